The number of carboxylic acid groups (broad SMARTS) is 1. The fraction of sp³-hybridized carbons (Fsp3) is 0.562. The van der Waals surface area contributed by atoms with Gasteiger partial charge in [0.05, 0.1) is 6.10 Å². The van der Waals surface area contributed by atoms with Gasteiger partial charge in [0.25, 0.3) is 0 Å². The standard InChI is InChI=1S/C16H24FNO3/c1-10(2)18-16(5,15(19)20)9-12(4)21-13-7-6-11(3)14(17)8-13/h6-8,10,12,18H,9H2,1-5H3,(H,19,20). The van der Waals surface area contributed by atoms with E-state index in [9.17, 15) is 14.3 Å². The van der Waals surface area contributed by atoms with E-state index >= 15 is 0 Å². The zero-order chi connectivity index (χ0) is 16.2. The fourth-order valence-corrected chi connectivity index (χ4v) is 2.34. The normalized spacial score (nSPS) is 15.6. The van der Waals surface area contributed by atoms with Crippen LogP contribution in [-0.2, 0) is 4.79 Å². The van der Waals surface area contributed by atoms with Gasteiger partial charge >= 0.3 is 5.97 Å². The van der Waals surface area contributed by atoms with Gasteiger partial charge in [0.1, 0.15) is 17.1 Å². The third-order valence-corrected chi connectivity index (χ3v) is 3.26. The minimum absolute atomic E-state index is 0.0371. The summed E-state index contributed by atoms with van der Waals surface area (Å²) < 4.78 is 19.1. The molecular formula is C16H24FNO3. The maximum Gasteiger partial charge on any atom is 0.323 e. The Hall–Kier alpha value is -1.62. The molecule has 2 atom stereocenters. The molecule has 0 bridgehead atoms. The van der Waals surface area contributed by atoms with E-state index in [0.717, 1.165) is 0 Å². The average Bonchev–Trinajstić information content (AvgIpc) is 2.32. The Labute approximate surface area is 125 Å². The highest BCUT2D eigenvalue weighted by atomic mass is 19.1. The minimum Gasteiger partial charge on any atom is -0.491 e. The van der Waals surface area contributed by atoms with Gasteiger partial charge < -0.3 is 9.84 Å². The molecule has 2 unspecified atom stereocenters. The lowest BCUT2D eigenvalue weighted by atomic mass is 9.94. The number of aryl methyl sites for hydroxylation is 1. The second kappa shape index (κ2) is 6.89. The third kappa shape index (κ3) is 5.01. The van der Waals surface area contributed by atoms with Gasteiger partial charge in [-0.3, -0.25) is 10.1 Å². The zero-order valence-corrected chi connectivity index (χ0v) is 13.2. The summed E-state index contributed by atoms with van der Waals surface area (Å²) in [5.74, 6) is -0.856. The molecule has 0 fully saturated rings. The zero-order valence-electron chi connectivity index (χ0n) is 13.2. The van der Waals surface area contributed by atoms with Crippen molar-refractivity contribution in [3.63, 3.8) is 0 Å². The van der Waals surface area contributed by atoms with E-state index in [2.05, 4.69) is 5.32 Å². The van der Waals surface area contributed by atoms with Crippen LogP contribution in [0.25, 0.3) is 0 Å². The van der Waals surface area contributed by atoms with E-state index in [1.807, 2.05) is 13.8 Å². The molecule has 1 rings (SSSR count). The molecule has 1 aromatic rings. The summed E-state index contributed by atoms with van der Waals surface area (Å²) in [6, 6.07) is 4.68. The summed E-state index contributed by atoms with van der Waals surface area (Å²) in [6.07, 6.45) is -0.0878. The van der Waals surface area contributed by atoms with Crippen LogP contribution in [0.1, 0.15) is 39.7 Å². The molecule has 0 radical (unpaired) electrons. The highest BCUT2D eigenvalue weighted by Crippen LogP contribution is 2.21. The first-order valence-electron chi connectivity index (χ1n) is 7.08. The van der Waals surface area contributed by atoms with Gasteiger partial charge in [-0.05, 0) is 46.2 Å². The van der Waals surface area contributed by atoms with E-state index in [-0.39, 0.29) is 24.4 Å². The Kier molecular flexibility index (Phi) is 5.72. The van der Waals surface area contributed by atoms with Gasteiger partial charge in [0.2, 0.25) is 0 Å². The number of benzene rings is 1. The van der Waals surface area contributed by atoms with Crippen molar-refractivity contribution in [1.29, 1.82) is 0 Å². The number of nitrogens with one attached hydrogen (secondary N) is 1. The molecule has 0 saturated heterocycles. The van der Waals surface area contributed by atoms with Crippen LogP contribution in [0.5, 0.6) is 5.75 Å². The Bertz CT molecular complexity index is 504. The summed E-state index contributed by atoms with van der Waals surface area (Å²) in [7, 11) is 0. The van der Waals surface area contributed by atoms with Gasteiger partial charge in [-0.1, -0.05) is 6.07 Å². The van der Waals surface area contributed by atoms with E-state index in [1.54, 1.807) is 32.9 Å². The molecule has 0 saturated carbocycles. The molecule has 0 amide bonds. The SMILES string of the molecule is Cc1ccc(OC(C)CC(C)(NC(C)C)C(=O)O)cc1F. The highest BCUT2D eigenvalue weighted by molar-refractivity contribution is 5.78. The van der Waals surface area contributed by atoms with E-state index < -0.39 is 11.5 Å². The molecule has 5 heteroatoms. The van der Waals surface area contributed by atoms with Crippen LogP contribution in [0.4, 0.5) is 4.39 Å². The Morgan fingerprint density at radius 3 is 2.52 bits per heavy atom. The number of rotatable bonds is 7. The molecule has 0 spiro atoms. The second-order valence-corrected chi connectivity index (χ2v) is 5.98. The largest absolute Gasteiger partial charge is 0.491 e. The van der Waals surface area contributed by atoms with Crippen LogP contribution < -0.4 is 10.1 Å². The molecule has 1 aromatic carbocycles. The summed E-state index contributed by atoms with van der Waals surface area (Å²) in [4.78, 5) is 11.5. The van der Waals surface area contributed by atoms with Crippen LogP contribution >= 0.6 is 0 Å². The van der Waals surface area contributed by atoms with Crippen molar-refractivity contribution in [3.05, 3.63) is 29.6 Å². The summed E-state index contributed by atoms with van der Waals surface area (Å²) in [5.41, 5.74) is -0.538. The number of hydrogen-bond acceptors (Lipinski definition) is 3. The fourth-order valence-electron chi connectivity index (χ4n) is 2.34. The summed E-state index contributed by atoms with van der Waals surface area (Å²) in [5, 5.41) is 12.4. The van der Waals surface area contributed by atoms with Gasteiger partial charge in [-0.25, -0.2) is 4.39 Å². The topological polar surface area (TPSA) is 58.6 Å². The molecule has 0 aromatic heterocycles. The smallest absolute Gasteiger partial charge is 0.323 e. The lowest BCUT2D eigenvalue weighted by Gasteiger charge is -2.31. The number of halogens is 1. The quantitative estimate of drug-likeness (QED) is 0.812. The highest BCUT2D eigenvalue weighted by Gasteiger charge is 2.35. The molecule has 0 aliphatic rings. The number of ether oxygens (including phenoxy) is 1. The van der Waals surface area contributed by atoms with E-state index in [0.29, 0.717) is 11.3 Å². The molecule has 2 N–H and O–H groups in total. The van der Waals surface area contributed by atoms with Gasteiger partial charge in [-0.15, -0.1) is 0 Å². The van der Waals surface area contributed by atoms with E-state index in [4.69, 9.17) is 4.74 Å². The molecular weight excluding hydrogens is 273 g/mol. The van der Waals surface area contributed by atoms with Crippen LogP contribution in [-0.4, -0.2) is 28.8 Å². The number of carbonyl (C=O) groups is 1. The second-order valence-electron chi connectivity index (χ2n) is 5.98. The minimum atomic E-state index is -1.09. The first kappa shape index (κ1) is 17.4. The van der Waals surface area contributed by atoms with Crippen LogP contribution in [0, 0.1) is 12.7 Å². The Morgan fingerprint density at radius 1 is 1.43 bits per heavy atom. The van der Waals surface area contributed by atoms with Crippen molar-refractivity contribution in [2.45, 2.75) is 58.7 Å². The van der Waals surface area contributed by atoms with Crippen LogP contribution in [0.3, 0.4) is 0 Å². The van der Waals surface area contributed by atoms with Crippen LogP contribution in [0.15, 0.2) is 18.2 Å². The lowest BCUT2D eigenvalue weighted by Crippen LogP contribution is -2.54. The first-order chi connectivity index (χ1) is 9.64. The lowest BCUT2D eigenvalue weighted by molar-refractivity contribution is -0.145. The average molecular weight is 297 g/mol. The van der Waals surface area contributed by atoms with Crippen molar-refractivity contribution in [1.82, 2.24) is 5.32 Å². The summed E-state index contributed by atoms with van der Waals surface area (Å²) in [6.45, 7) is 8.87. The molecule has 0 heterocycles. The van der Waals surface area contributed by atoms with Crippen molar-refractivity contribution >= 4 is 5.97 Å². The Morgan fingerprint density at radius 2 is 2.05 bits per heavy atom. The molecule has 4 nitrogen and oxygen atoms in total. The van der Waals surface area contributed by atoms with Gasteiger partial charge in [-0.2, -0.15) is 0 Å². The van der Waals surface area contributed by atoms with Crippen molar-refractivity contribution < 1.29 is 19.0 Å². The molecule has 0 aliphatic heterocycles. The predicted molar refractivity (Wildman–Crippen MR) is 80.2 cm³/mol. The Balaban J connectivity index is 2.76. The van der Waals surface area contributed by atoms with Crippen molar-refractivity contribution in [2.75, 3.05) is 0 Å². The molecule has 118 valence electrons. The molecule has 21 heavy (non-hydrogen) atoms. The monoisotopic (exact) mass is 297 g/mol. The molecule has 0 aliphatic carbocycles. The van der Waals surface area contributed by atoms with Gasteiger partial charge in [0, 0.05) is 18.5 Å². The first-order valence-corrected chi connectivity index (χ1v) is 7.08. The van der Waals surface area contributed by atoms with Crippen LogP contribution in [0.2, 0.25) is 0 Å². The van der Waals surface area contributed by atoms with E-state index in [1.165, 1.54) is 6.07 Å². The summed E-state index contributed by atoms with van der Waals surface area (Å²) >= 11 is 0. The number of carboxylic acids is 1. The predicted octanol–water partition coefficient (Wildman–Crippen LogP) is 3.13. The third-order valence-electron chi connectivity index (χ3n) is 3.26. The van der Waals surface area contributed by atoms with Crippen molar-refractivity contribution in [2.24, 2.45) is 0 Å². The van der Waals surface area contributed by atoms with Crippen molar-refractivity contribution in [3.8, 4) is 5.75 Å². The van der Waals surface area contributed by atoms with Gasteiger partial charge in [0.15, 0.2) is 0 Å². The number of hydrogen-bond donors (Lipinski definition) is 2. The maximum atomic E-state index is 13.5. The number of aliphatic carboxylic acids is 1. The maximum absolute atomic E-state index is 13.5.